The fourth-order valence-corrected chi connectivity index (χ4v) is 2.37. The number of hydrogen-bond acceptors (Lipinski definition) is 3. The molecule has 2 rings (SSSR count). The van der Waals surface area contributed by atoms with E-state index in [0.717, 1.165) is 0 Å². The van der Waals surface area contributed by atoms with Gasteiger partial charge in [0.05, 0.1) is 11.1 Å². The number of nitrogens with two attached hydrogens (primary N) is 1. The lowest BCUT2D eigenvalue weighted by molar-refractivity contribution is 0.559. The molecule has 0 saturated carbocycles. The van der Waals surface area contributed by atoms with Gasteiger partial charge in [0.2, 0.25) is 0 Å². The van der Waals surface area contributed by atoms with Crippen LogP contribution in [0.1, 0.15) is 24.1 Å². The Morgan fingerprint density at radius 1 is 1.25 bits per heavy atom. The van der Waals surface area contributed by atoms with Crippen LogP contribution in [0.4, 0.5) is 10.2 Å². The van der Waals surface area contributed by atoms with Crippen LogP contribution in [0.2, 0.25) is 10.0 Å². The van der Waals surface area contributed by atoms with E-state index >= 15 is 0 Å². The zero-order chi connectivity index (χ0) is 14.7. The minimum atomic E-state index is -0.454. The van der Waals surface area contributed by atoms with Gasteiger partial charge in [-0.25, -0.2) is 9.37 Å². The summed E-state index contributed by atoms with van der Waals surface area (Å²) < 4.78 is 14.1. The lowest BCUT2D eigenvalue weighted by atomic mass is 9.98. The predicted octanol–water partition coefficient (Wildman–Crippen LogP) is 3.81. The highest BCUT2D eigenvalue weighted by molar-refractivity contribution is 6.31. The molecule has 1 aromatic heterocycles. The van der Waals surface area contributed by atoms with Crippen molar-refractivity contribution in [3.8, 4) is 0 Å². The van der Waals surface area contributed by atoms with E-state index in [1.54, 1.807) is 12.1 Å². The average molecular weight is 314 g/mol. The first kappa shape index (κ1) is 15.0. The molecule has 3 N–H and O–H groups in total. The SMILES string of the molecule is CCNC(c1cc(Cl)ccc1F)c1cc(Cl)cnc1N. The molecule has 20 heavy (non-hydrogen) atoms. The minimum Gasteiger partial charge on any atom is -0.383 e. The summed E-state index contributed by atoms with van der Waals surface area (Å²) in [5, 5.41) is 4.07. The molecular weight excluding hydrogens is 300 g/mol. The summed E-state index contributed by atoms with van der Waals surface area (Å²) in [6, 6.07) is 5.63. The molecule has 0 spiro atoms. The van der Waals surface area contributed by atoms with E-state index in [4.69, 9.17) is 28.9 Å². The van der Waals surface area contributed by atoms with Crippen molar-refractivity contribution >= 4 is 29.0 Å². The Kier molecular flexibility index (Phi) is 4.81. The Labute approximate surface area is 126 Å². The van der Waals surface area contributed by atoms with E-state index in [9.17, 15) is 4.39 Å². The highest BCUT2D eigenvalue weighted by Gasteiger charge is 2.20. The topological polar surface area (TPSA) is 50.9 Å². The summed E-state index contributed by atoms with van der Waals surface area (Å²) in [5.41, 5.74) is 6.92. The van der Waals surface area contributed by atoms with Crippen LogP contribution in [0.5, 0.6) is 0 Å². The zero-order valence-electron chi connectivity index (χ0n) is 10.8. The van der Waals surface area contributed by atoms with E-state index < -0.39 is 6.04 Å². The molecule has 106 valence electrons. The first-order valence-corrected chi connectivity index (χ1v) is 6.87. The molecule has 2 aromatic rings. The molecule has 6 heteroatoms. The van der Waals surface area contributed by atoms with E-state index in [2.05, 4.69) is 10.3 Å². The molecule has 0 bridgehead atoms. The van der Waals surface area contributed by atoms with Crippen molar-refractivity contribution in [3.05, 3.63) is 57.5 Å². The molecular formula is C14H14Cl2FN3. The van der Waals surface area contributed by atoms with Gasteiger partial charge in [0, 0.05) is 22.3 Å². The Hall–Kier alpha value is -1.36. The number of hydrogen-bond donors (Lipinski definition) is 2. The van der Waals surface area contributed by atoms with Crippen molar-refractivity contribution in [1.82, 2.24) is 10.3 Å². The number of nitrogens with one attached hydrogen (secondary N) is 1. The van der Waals surface area contributed by atoms with Crippen LogP contribution in [0.3, 0.4) is 0 Å². The molecule has 1 unspecified atom stereocenters. The predicted molar refractivity (Wildman–Crippen MR) is 80.6 cm³/mol. The molecule has 1 heterocycles. The lowest BCUT2D eigenvalue weighted by Crippen LogP contribution is -2.24. The van der Waals surface area contributed by atoms with Gasteiger partial charge in [-0.05, 0) is 30.8 Å². The van der Waals surface area contributed by atoms with Gasteiger partial charge in [0.1, 0.15) is 11.6 Å². The molecule has 0 amide bonds. The van der Waals surface area contributed by atoms with Crippen molar-refractivity contribution < 1.29 is 4.39 Å². The third-order valence-corrected chi connectivity index (χ3v) is 3.35. The quantitative estimate of drug-likeness (QED) is 0.902. The largest absolute Gasteiger partial charge is 0.383 e. The van der Waals surface area contributed by atoms with Crippen LogP contribution in [0.25, 0.3) is 0 Å². The summed E-state index contributed by atoms with van der Waals surface area (Å²) in [4.78, 5) is 4.01. The second-order valence-electron chi connectivity index (χ2n) is 4.28. The standard InChI is InChI=1S/C14H14Cl2FN3/c1-2-19-13(10-5-8(15)3-4-12(10)17)11-6-9(16)7-20-14(11)18/h3-7,13,19H,2H2,1H3,(H2,18,20). The van der Waals surface area contributed by atoms with E-state index in [1.807, 2.05) is 6.92 Å². The number of nitrogens with zero attached hydrogens (tertiary/aromatic N) is 1. The first-order valence-electron chi connectivity index (χ1n) is 6.12. The smallest absolute Gasteiger partial charge is 0.128 e. The van der Waals surface area contributed by atoms with Gasteiger partial charge >= 0.3 is 0 Å². The Bertz CT molecular complexity index is 568. The summed E-state index contributed by atoms with van der Waals surface area (Å²) in [6.45, 7) is 2.55. The summed E-state index contributed by atoms with van der Waals surface area (Å²) in [5.74, 6) is -0.0561. The molecule has 1 atom stereocenters. The number of benzene rings is 1. The van der Waals surface area contributed by atoms with E-state index in [1.165, 1.54) is 18.3 Å². The van der Waals surface area contributed by atoms with Gasteiger partial charge in [-0.2, -0.15) is 0 Å². The third kappa shape index (κ3) is 3.20. The number of rotatable bonds is 4. The Morgan fingerprint density at radius 3 is 2.65 bits per heavy atom. The van der Waals surface area contributed by atoms with Crippen LogP contribution >= 0.6 is 23.2 Å². The van der Waals surface area contributed by atoms with Gasteiger partial charge in [-0.15, -0.1) is 0 Å². The summed E-state index contributed by atoms with van der Waals surface area (Å²) >= 11 is 11.9. The monoisotopic (exact) mass is 313 g/mol. The second-order valence-corrected chi connectivity index (χ2v) is 5.16. The number of pyridine rings is 1. The Balaban J connectivity index is 2.55. The molecule has 0 radical (unpaired) electrons. The van der Waals surface area contributed by atoms with E-state index in [-0.39, 0.29) is 5.82 Å². The van der Waals surface area contributed by atoms with E-state index in [0.29, 0.717) is 33.5 Å². The highest BCUT2D eigenvalue weighted by atomic mass is 35.5. The number of nitrogen functional groups attached to an aromatic ring is 1. The van der Waals surface area contributed by atoms with Gasteiger partial charge in [-0.1, -0.05) is 30.1 Å². The molecule has 0 aliphatic carbocycles. The minimum absolute atomic E-state index is 0.305. The zero-order valence-corrected chi connectivity index (χ0v) is 12.3. The number of aromatic nitrogens is 1. The third-order valence-electron chi connectivity index (χ3n) is 2.90. The fraction of sp³-hybridized carbons (Fsp3) is 0.214. The molecule has 0 saturated heterocycles. The molecule has 0 fully saturated rings. The van der Waals surface area contributed by atoms with Crippen molar-refractivity contribution in [2.24, 2.45) is 0 Å². The first-order chi connectivity index (χ1) is 9.52. The van der Waals surface area contributed by atoms with Crippen LogP contribution in [-0.2, 0) is 0 Å². The second kappa shape index (κ2) is 6.39. The van der Waals surface area contributed by atoms with Crippen LogP contribution in [-0.4, -0.2) is 11.5 Å². The maximum absolute atomic E-state index is 14.1. The number of halogens is 3. The van der Waals surface area contributed by atoms with Crippen LogP contribution in [0.15, 0.2) is 30.5 Å². The normalized spacial score (nSPS) is 12.4. The fourth-order valence-electron chi connectivity index (χ4n) is 2.02. The van der Waals surface area contributed by atoms with Gasteiger partial charge < -0.3 is 11.1 Å². The van der Waals surface area contributed by atoms with Crippen molar-refractivity contribution in [3.63, 3.8) is 0 Å². The van der Waals surface area contributed by atoms with Crippen molar-refractivity contribution in [1.29, 1.82) is 0 Å². The average Bonchev–Trinajstić information content (AvgIpc) is 2.42. The Morgan fingerprint density at radius 2 is 1.95 bits per heavy atom. The highest BCUT2D eigenvalue weighted by Crippen LogP contribution is 2.30. The van der Waals surface area contributed by atoms with Crippen LogP contribution in [0, 0.1) is 5.82 Å². The van der Waals surface area contributed by atoms with Crippen molar-refractivity contribution in [2.75, 3.05) is 12.3 Å². The molecule has 3 nitrogen and oxygen atoms in total. The maximum atomic E-state index is 14.1. The lowest BCUT2D eigenvalue weighted by Gasteiger charge is -2.21. The van der Waals surface area contributed by atoms with Crippen LogP contribution < -0.4 is 11.1 Å². The number of anilines is 1. The van der Waals surface area contributed by atoms with Crippen molar-refractivity contribution in [2.45, 2.75) is 13.0 Å². The molecule has 0 aliphatic rings. The van der Waals surface area contributed by atoms with Gasteiger partial charge in [0.15, 0.2) is 0 Å². The summed E-state index contributed by atoms with van der Waals surface area (Å²) in [6.07, 6.45) is 1.46. The maximum Gasteiger partial charge on any atom is 0.128 e. The molecule has 0 aliphatic heterocycles. The van der Waals surface area contributed by atoms with Gasteiger partial charge in [0.25, 0.3) is 0 Å². The summed E-state index contributed by atoms with van der Waals surface area (Å²) in [7, 11) is 0. The molecule has 1 aromatic carbocycles. The van der Waals surface area contributed by atoms with Gasteiger partial charge in [-0.3, -0.25) is 0 Å².